The van der Waals surface area contributed by atoms with E-state index in [9.17, 15) is 9.59 Å². The molecule has 9 heteroatoms. The Labute approximate surface area is 146 Å². The number of rotatable bonds is 7. The van der Waals surface area contributed by atoms with Crippen molar-refractivity contribution in [3.63, 3.8) is 0 Å². The van der Waals surface area contributed by atoms with E-state index in [1.54, 1.807) is 7.05 Å². The maximum atomic E-state index is 11.9. The van der Waals surface area contributed by atoms with Crippen molar-refractivity contribution in [2.24, 2.45) is 7.05 Å². The van der Waals surface area contributed by atoms with E-state index in [2.05, 4.69) is 43.1 Å². The summed E-state index contributed by atoms with van der Waals surface area (Å²) in [6, 6.07) is 10.1. The van der Waals surface area contributed by atoms with E-state index in [4.69, 9.17) is 0 Å². The molecule has 134 valence electrons. The molecule has 0 spiro atoms. The number of nitrogens with zero attached hydrogens (tertiary/aromatic N) is 5. The third kappa shape index (κ3) is 5.96. The van der Waals surface area contributed by atoms with Gasteiger partial charge in [-0.25, -0.2) is 0 Å². The summed E-state index contributed by atoms with van der Waals surface area (Å²) in [6.07, 6.45) is 0. The lowest BCUT2D eigenvalue weighted by Gasteiger charge is -2.24. The molecule has 0 bridgehead atoms. The van der Waals surface area contributed by atoms with Crippen LogP contribution in [0, 0.1) is 0 Å². The zero-order valence-corrected chi connectivity index (χ0v) is 14.6. The fourth-order valence-corrected chi connectivity index (χ4v) is 2.14. The molecule has 2 N–H and O–H groups in total. The van der Waals surface area contributed by atoms with Gasteiger partial charge in [-0.1, -0.05) is 30.3 Å². The lowest BCUT2D eigenvalue weighted by molar-refractivity contribution is -0.139. The van der Waals surface area contributed by atoms with Crippen molar-refractivity contribution in [3.05, 3.63) is 41.7 Å². The van der Waals surface area contributed by atoms with Gasteiger partial charge in [0.1, 0.15) is 0 Å². The van der Waals surface area contributed by atoms with E-state index in [0.717, 1.165) is 6.54 Å². The lowest BCUT2D eigenvalue weighted by Crippen LogP contribution is -2.45. The predicted octanol–water partition coefficient (Wildman–Crippen LogP) is -0.537. The molecular formula is C16H23N7O2. The average molecular weight is 345 g/mol. The fraction of sp³-hybridized carbons (Fsp3) is 0.438. The minimum Gasteiger partial charge on any atom is -0.346 e. The summed E-state index contributed by atoms with van der Waals surface area (Å²) in [5, 5.41) is 16.4. The van der Waals surface area contributed by atoms with Gasteiger partial charge in [0.05, 0.1) is 13.6 Å². The first-order valence-electron chi connectivity index (χ1n) is 7.98. The Kier molecular flexibility index (Phi) is 6.58. The number of nitrogens with one attached hydrogen (secondary N) is 2. The molecule has 0 saturated heterocycles. The number of tetrazole rings is 1. The smallest absolute Gasteiger partial charge is 0.309 e. The van der Waals surface area contributed by atoms with Gasteiger partial charge in [-0.2, -0.15) is 4.80 Å². The highest BCUT2D eigenvalue weighted by Crippen LogP contribution is 2.05. The molecule has 0 fully saturated rings. The van der Waals surface area contributed by atoms with Crippen LogP contribution in [-0.2, 0) is 29.7 Å². The molecule has 9 nitrogen and oxygen atoms in total. The molecule has 1 heterocycles. The zero-order valence-electron chi connectivity index (χ0n) is 14.6. The molecule has 1 atom stereocenters. The van der Waals surface area contributed by atoms with Crippen LogP contribution in [0.5, 0.6) is 0 Å². The van der Waals surface area contributed by atoms with E-state index in [0.29, 0.717) is 12.4 Å². The van der Waals surface area contributed by atoms with E-state index in [1.807, 2.05) is 32.2 Å². The molecule has 1 aromatic heterocycles. The van der Waals surface area contributed by atoms with Gasteiger partial charge in [-0.3, -0.25) is 14.5 Å². The molecule has 1 unspecified atom stereocenters. The second kappa shape index (κ2) is 8.88. The third-order valence-corrected chi connectivity index (χ3v) is 3.75. The van der Waals surface area contributed by atoms with Crippen LogP contribution < -0.4 is 10.6 Å². The molecule has 0 aliphatic heterocycles. The first kappa shape index (κ1) is 18.5. The van der Waals surface area contributed by atoms with Gasteiger partial charge < -0.3 is 10.6 Å². The van der Waals surface area contributed by atoms with Crippen LogP contribution in [0.2, 0.25) is 0 Å². The second-order valence-corrected chi connectivity index (χ2v) is 5.84. The van der Waals surface area contributed by atoms with Gasteiger partial charge in [-0.15, -0.1) is 10.2 Å². The van der Waals surface area contributed by atoms with E-state index < -0.39 is 11.8 Å². The Bertz CT molecular complexity index is 702. The number of benzene rings is 1. The number of hydrogen-bond acceptors (Lipinski definition) is 6. The highest BCUT2D eigenvalue weighted by Gasteiger charge is 2.16. The van der Waals surface area contributed by atoms with E-state index in [1.165, 1.54) is 10.4 Å². The molecule has 0 radical (unpaired) electrons. The highest BCUT2D eigenvalue weighted by atomic mass is 16.2. The Morgan fingerprint density at radius 1 is 1.20 bits per heavy atom. The topological polar surface area (TPSA) is 105 Å². The first-order chi connectivity index (χ1) is 12.0. The van der Waals surface area contributed by atoms with Crippen LogP contribution in [0.4, 0.5) is 0 Å². The number of amides is 2. The average Bonchev–Trinajstić information content (AvgIpc) is 3.03. The first-order valence-corrected chi connectivity index (χ1v) is 7.98. The summed E-state index contributed by atoms with van der Waals surface area (Å²) in [5.41, 5.74) is 1.19. The van der Waals surface area contributed by atoms with Crippen LogP contribution in [0.25, 0.3) is 0 Å². The Morgan fingerprint density at radius 3 is 2.52 bits per heavy atom. The summed E-state index contributed by atoms with van der Waals surface area (Å²) in [5.74, 6) is -1.05. The van der Waals surface area contributed by atoms with E-state index in [-0.39, 0.29) is 12.6 Å². The molecular weight excluding hydrogens is 322 g/mol. The van der Waals surface area contributed by atoms with Gasteiger partial charge in [0.15, 0.2) is 5.82 Å². The van der Waals surface area contributed by atoms with E-state index >= 15 is 0 Å². The van der Waals surface area contributed by atoms with Gasteiger partial charge >= 0.3 is 11.8 Å². The zero-order chi connectivity index (χ0) is 18.2. The maximum Gasteiger partial charge on any atom is 0.309 e. The number of hydrogen-bond donors (Lipinski definition) is 2. The summed E-state index contributed by atoms with van der Waals surface area (Å²) < 4.78 is 0. The Morgan fingerprint density at radius 2 is 1.88 bits per heavy atom. The summed E-state index contributed by atoms with van der Waals surface area (Å²) in [4.78, 5) is 27.0. The number of carbonyl (C=O) groups excluding carboxylic acids is 2. The molecule has 1 aromatic carbocycles. The van der Waals surface area contributed by atoms with Crippen molar-refractivity contribution < 1.29 is 9.59 Å². The summed E-state index contributed by atoms with van der Waals surface area (Å²) >= 11 is 0. The predicted molar refractivity (Wildman–Crippen MR) is 91.0 cm³/mol. The second-order valence-electron chi connectivity index (χ2n) is 5.84. The SMILES string of the molecule is CC(CNC(=O)C(=O)NCc1nnn(C)n1)N(C)Cc1ccccc1. The van der Waals surface area contributed by atoms with Crippen LogP contribution >= 0.6 is 0 Å². The normalized spacial score (nSPS) is 12.0. The van der Waals surface area contributed by atoms with Crippen LogP contribution in [-0.4, -0.2) is 56.6 Å². The summed E-state index contributed by atoms with van der Waals surface area (Å²) in [7, 11) is 3.60. The van der Waals surface area contributed by atoms with Crippen molar-refractivity contribution in [1.82, 2.24) is 35.7 Å². The largest absolute Gasteiger partial charge is 0.346 e. The molecule has 25 heavy (non-hydrogen) atoms. The molecule has 2 aromatic rings. The molecule has 2 rings (SSSR count). The van der Waals surface area contributed by atoms with Crippen molar-refractivity contribution in [2.45, 2.75) is 26.1 Å². The van der Waals surface area contributed by atoms with Gasteiger partial charge in [0.2, 0.25) is 0 Å². The molecule has 0 aliphatic rings. The minimum atomic E-state index is -0.717. The molecule has 2 amide bonds. The van der Waals surface area contributed by atoms with Gasteiger partial charge in [0, 0.05) is 19.1 Å². The van der Waals surface area contributed by atoms with Crippen molar-refractivity contribution in [1.29, 1.82) is 0 Å². The third-order valence-electron chi connectivity index (χ3n) is 3.75. The van der Waals surface area contributed by atoms with Gasteiger partial charge in [0.25, 0.3) is 0 Å². The Hall–Kier alpha value is -2.81. The maximum absolute atomic E-state index is 11.9. The van der Waals surface area contributed by atoms with Crippen molar-refractivity contribution in [3.8, 4) is 0 Å². The molecule has 0 saturated carbocycles. The number of aryl methyl sites for hydroxylation is 1. The lowest BCUT2D eigenvalue weighted by atomic mass is 10.2. The Balaban J connectivity index is 1.71. The number of aromatic nitrogens is 4. The number of carbonyl (C=O) groups is 2. The monoisotopic (exact) mass is 345 g/mol. The fourth-order valence-electron chi connectivity index (χ4n) is 2.14. The van der Waals surface area contributed by atoms with Gasteiger partial charge in [-0.05, 0) is 24.7 Å². The number of likely N-dealkylation sites (N-methyl/N-ethyl adjacent to an activating group) is 1. The quantitative estimate of drug-likeness (QED) is 0.653. The van der Waals surface area contributed by atoms with Crippen LogP contribution in [0.1, 0.15) is 18.3 Å². The van der Waals surface area contributed by atoms with Crippen LogP contribution in [0.15, 0.2) is 30.3 Å². The standard InChI is InChI=1S/C16H23N7O2/c1-12(22(2)11-13-7-5-4-6-8-13)9-17-15(24)16(25)18-10-14-19-21-23(3)20-14/h4-8,12H,9-11H2,1-3H3,(H,17,24)(H,18,25). The molecule has 0 aliphatic carbocycles. The highest BCUT2D eigenvalue weighted by molar-refractivity contribution is 6.35. The summed E-state index contributed by atoms with van der Waals surface area (Å²) in [6.45, 7) is 3.19. The van der Waals surface area contributed by atoms with Crippen LogP contribution in [0.3, 0.4) is 0 Å². The van der Waals surface area contributed by atoms with Crippen molar-refractivity contribution >= 4 is 11.8 Å². The van der Waals surface area contributed by atoms with Crippen molar-refractivity contribution in [2.75, 3.05) is 13.6 Å². The minimum absolute atomic E-state index is 0.0591.